The Morgan fingerprint density at radius 2 is 1.67 bits per heavy atom. The topological polar surface area (TPSA) is 71.6 Å². The minimum Gasteiger partial charge on any atom is -0.493 e. The fourth-order valence-electron chi connectivity index (χ4n) is 1.87. The first-order chi connectivity index (χ1) is 11.7. The summed E-state index contributed by atoms with van der Waals surface area (Å²) >= 11 is 5.09. The summed E-state index contributed by atoms with van der Waals surface area (Å²) in [6.07, 6.45) is 0. The van der Waals surface area contributed by atoms with Crippen molar-refractivity contribution in [2.75, 3.05) is 13.7 Å². The molecule has 24 heavy (non-hydrogen) atoms. The maximum Gasteiger partial charge on any atom is 0.276 e. The smallest absolute Gasteiger partial charge is 0.276 e. The summed E-state index contributed by atoms with van der Waals surface area (Å²) in [5, 5.41) is 3.31. The fourth-order valence-corrected chi connectivity index (χ4v) is 1.99. The van der Waals surface area contributed by atoms with Crippen molar-refractivity contribution in [3.05, 3.63) is 60.2 Å². The van der Waals surface area contributed by atoms with Gasteiger partial charge in [0, 0.05) is 6.54 Å². The van der Waals surface area contributed by atoms with Gasteiger partial charge >= 0.3 is 0 Å². The second kappa shape index (κ2) is 9.36. The van der Waals surface area contributed by atoms with Crippen molar-refractivity contribution >= 4 is 23.2 Å². The highest BCUT2D eigenvalue weighted by Crippen LogP contribution is 2.25. The zero-order valence-electron chi connectivity index (χ0n) is 13.2. The molecule has 0 saturated carbocycles. The normalized spacial score (nSPS) is 9.71. The quantitative estimate of drug-likeness (QED) is 0.547. The van der Waals surface area contributed by atoms with Gasteiger partial charge in [-0.25, -0.2) is 0 Å². The van der Waals surface area contributed by atoms with Gasteiger partial charge in [-0.1, -0.05) is 42.5 Å². The molecule has 2 rings (SSSR count). The van der Waals surface area contributed by atoms with Crippen LogP contribution in [0.1, 0.15) is 5.56 Å². The molecule has 0 aliphatic rings. The third-order valence-electron chi connectivity index (χ3n) is 3.04. The van der Waals surface area contributed by atoms with Crippen LogP contribution >= 0.6 is 12.2 Å². The molecule has 0 unspecified atom stereocenters. The molecule has 0 spiro atoms. The molecule has 2 aromatic rings. The first-order valence-corrected chi connectivity index (χ1v) is 7.72. The van der Waals surface area contributed by atoms with Crippen molar-refractivity contribution < 1.29 is 14.3 Å². The fraction of sp³-hybridized carbons (Fsp3) is 0.176. The number of nitrogens with one attached hydrogen (secondary N) is 3. The zero-order chi connectivity index (χ0) is 17.2. The second-order valence-electron chi connectivity index (χ2n) is 4.78. The number of benzene rings is 2. The molecule has 0 fully saturated rings. The van der Waals surface area contributed by atoms with Crippen molar-refractivity contribution in [2.24, 2.45) is 0 Å². The Balaban J connectivity index is 1.68. The van der Waals surface area contributed by atoms with Crippen LogP contribution in [-0.2, 0) is 11.3 Å². The average molecular weight is 345 g/mol. The maximum atomic E-state index is 11.8. The van der Waals surface area contributed by atoms with Gasteiger partial charge in [-0.2, -0.15) is 0 Å². The standard InChI is InChI=1S/C17H19N3O3S/c1-22-14-9-5-6-10-15(14)23-12-16(21)19-20-17(24)18-11-13-7-3-2-4-8-13/h2-10H,11-12H2,1H3,(H,19,21)(H2,18,20,24). The minimum atomic E-state index is -0.357. The number of thiocarbonyl (C=S) groups is 1. The molecule has 0 aromatic heterocycles. The first kappa shape index (κ1) is 17.6. The number of carbonyl (C=O) groups excluding carboxylic acids is 1. The number of para-hydroxylation sites is 2. The molecule has 1 amide bonds. The van der Waals surface area contributed by atoms with Crippen LogP contribution in [0.2, 0.25) is 0 Å². The summed E-state index contributed by atoms with van der Waals surface area (Å²) in [7, 11) is 1.54. The highest BCUT2D eigenvalue weighted by molar-refractivity contribution is 7.80. The lowest BCUT2D eigenvalue weighted by Gasteiger charge is -2.13. The van der Waals surface area contributed by atoms with Crippen LogP contribution in [0.15, 0.2) is 54.6 Å². The number of hydrogen-bond donors (Lipinski definition) is 3. The van der Waals surface area contributed by atoms with Crippen molar-refractivity contribution in [2.45, 2.75) is 6.54 Å². The van der Waals surface area contributed by atoms with E-state index in [4.69, 9.17) is 21.7 Å². The van der Waals surface area contributed by atoms with Crippen molar-refractivity contribution in [1.82, 2.24) is 16.2 Å². The van der Waals surface area contributed by atoms with E-state index in [1.54, 1.807) is 25.3 Å². The maximum absolute atomic E-state index is 11.8. The van der Waals surface area contributed by atoms with Crippen molar-refractivity contribution in [1.29, 1.82) is 0 Å². The molecular formula is C17H19N3O3S. The zero-order valence-corrected chi connectivity index (χ0v) is 14.1. The van der Waals surface area contributed by atoms with Crippen LogP contribution in [0, 0.1) is 0 Å². The van der Waals surface area contributed by atoms with E-state index in [0.717, 1.165) is 5.56 Å². The second-order valence-corrected chi connectivity index (χ2v) is 5.19. The van der Waals surface area contributed by atoms with E-state index in [2.05, 4.69) is 16.2 Å². The molecule has 2 aromatic carbocycles. The Kier molecular flexibility index (Phi) is 6.85. The van der Waals surface area contributed by atoms with Crippen LogP contribution in [0.4, 0.5) is 0 Å². The lowest BCUT2D eigenvalue weighted by molar-refractivity contribution is -0.123. The van der Waals surface area contributed by atoms with Gasteiger partial charge in [-0.15, -0.1) is 0 Å². The van der Waals surface area contributed by atoms with E-state index in [1.807, 2.05) is 36.4 Å². The third-order valence-corrected chi connectivity index (χ3v) is 3.29. The molecular weight excluding hydrogens is 326 g/mol. The van der Waals surface area contributed by atoms with Crippen LogP contribution in [0.3, 0.4) is 0 Å². The summed E-state index contributed by atoms with van der Waals surface area (Å²) in [5.41, 5.74) is 6.19. The van der Waals surface area contributed by atoms with Gasteiger partial charge in [0.15, 0.2) is 23.2 Å². The number of carbonyl (C=O) groups is 1. The molecule has 0 aliphatic heterocycles. The van der Waals surface area contributed by atoms with Crippen LogP contribution in [0.25, 0.3) is 0 Å². The molecule has 6 nitrogen and oxygen atoms in total. The molecule has 3 N–H and O–H groups in total. The lowest BCUT2D eigenvalue weighted by Crippen LogP contribution is -2.48. The van der Waals surface area contributed by atoms with E-state index < -0.39 is 0 Å². The summed E-state index contributed by atoms with van der Waals surface area (Å²) in [4.78, 5) is 11.8. The number of amides is 1. The van der Waals surface area contributed by atoms with E-state index in [0.29, 0.717) is 23.2 Å². The first-order valence-electron chi connectivity index (χ1n) is 7.31. The van der Waals surface area contributed by atoms with Crippen molar-refractivity contribution in [3.63, 3.8) is 0 Å². The van der Waals surface area contributed by atoms with Gasteiger partial charge < -0.3 is 14.8 Å². The van der Waals surface area contributed by atoms with E-state index in [-0.39, 0.29) is 12.5 Å². The molecule has 0 atom stereocenters. The van der Waals surface area contributed by atoms with Gasteiger partial charge in [0.1, 0.15) is 0 Å². The van der Waals surface area contributed by atoms with E-state index >= 15 is 0 Å². The highest BCUT2D eigenvalue weighted by Gasteiger charge is 2.07. The van der Waals surface area contributed by atoms with Gasteiger partial charge in [0.05, 0.1) is 7.11 Å². The molecule has 126 valence electrons. The van der Waals surface area contributed by atoms with E-state index in [1.165, 1.54) is 0 Å². The van der Waals surface area contributed by atoms with Crippen molar-refractivity contribution in [3.8, 4) is 11.5 Å². The predicted octanol–water partition coefficient (Wildman–Crippen LogP) is 1.77. The third kappa shape index (κ3) is 5.77. The van der Waals surface area contributed by atoms with Crippen LogP contribution in [0.5, 0.6) is 11.5 Å². The molecule has 0 aliphatic carbocycles. The number of hydrazine groups is 1. The molecule has 0 radical (unpaired) electrons. The Morgan fingerprint density at radius 3 is 2.38 bits per heavy atom. The lowest BCUT2D eigenvalue weighted by atomic mass is 10.2. The monoisotopic (exact) mass is 345 g/mol. The Labute approximate surface area is 146 Å². The summed E-state index contributed by atoms with van der Waals surface area (Å²) < 4.78 is 10.6. The Hall–Kier alpha value is -2.80. The molecule has 0 bridgehead atoms. The van der Waals surface area contributed by atoms with Gasteiger partial charge in [-0.05, 0) is 29.9 Å². The molecule has 7 heteroatoms. The largest absolute Gasteiger partial charge is 0.493 e. The highest BCUT2D eigenvalue weighted by atomic mass is 32.1. The molecule has 0 heterocycles. The number of rotatable bonds is 6. The minimum absolute atomic E-state index is 0.158. The summed E-state index contributed by atoms with van der Waals surface area (Å²) in [5.74, 6) is 0.711. The van der Waals surface area contributed by atoms with Gasteiger partial charge in [0.2, 0.25) is 0 Å². The SMILES string of the molecule is COc1ccccc1OCC(=O)NNC(=S)NCc1ccccc1. The van der Waals surface area contributed by atoms with Crippen LogP contribution in [-0.4, -0.2) is 24.7 Å². The Morgan fingerprint density at radius 1 is 1.00 bits per heavy atom. The predicted molar refractivity (Wildman–Crippen MR) is 95.6 cm³/mol. The average Bonchev–Trinajstić information content (AvgIpc) is 2.64. The Bertz CT molecular complexity index is 680. The number of ether oxygens (including phenoxy) is 2. The van der Waals surface area contributed by atoms with E-state index in [9.17, 15) is 4.79 Å². The number of hydrogen-bond acceptors (Lipinski definition) is 4. The number of methoxy groups -OCH3 is 1. The van der Waals surface area contributed by atoms with Gasteiger partial charge in [-0.3, -0.25) is 15.6 Å². The van der Waals surface area contributed by atoms with Gasteiger partial charge in [0.25, 0.3) is 5.91 Å². The molecule has 0 saturated heterocycles. The summed E-state index contributed by atoms with van der Waals surface area (Å²) in [6.45, 7) is 0.412. The summed E-state index contributed by atoms with van der Waals surface area (Å²) in [6, 6.07) is 16.9. The van der Waals surface area contributed by atoms with Crippen LogP contribution < -0.4 is 25.6 Å².